The highest BCUT2D eigenvalue weighted by Gasteiger charge is 2.06. The van der Waals surface area contributed by atoms with Gasteiger partial charge in [0.15, 0.2) is 16.7 Å². The molecule has 0 fully saturated rings. The number of nitrogens with zero attached hydrogens (tertiary/aromatic N) is 1. The maximum Gasteiger partial charge on any atom is 0.188 e. The number of ether oxygens (including phenoxy) is 1. The predicted molar refractivity (Wildman–Crippen MR) is 80.4 cm³/mol. The van der Waals surface area contributed by atoms with Gasteiger partial charge < -0.3 is 14.0 Å². The molecule has 0 atom stereocenters. The summed E-state index contributed by atoms with van der Waals surface area (Å²) in [7, 11) is 0. The number of benzene rings is 2. The van der Waals surface area contributed by atoms with E-state index in [9.17, 15) is 0 Å². The Hall–Kier alpha value is -1.85. The zero-order chi connectivity index (χ0) is 13.8. The Morgan fingerprint density at radius 2 is 1.80 bits per heavy atom. The summed E-state index contributed by atoms with van der Waals surface area (Å²) in [5, 5.41) is 0.815. The number of aromatic nitrogens is 2. The first-order valence-corrected chi connectivity index (χ1v) is 7.24. The summed E-state index contributed by atoms with van der Waals surface area (Å²) >= 11 is 6.85. The van der Waals surface area contributed by atoms with E-state index in [1.807, 2.05) is 36.4 Å². The third kappa shape index (κ3) is 2.84. The average Bonchev–Trinajstić information content (AvgIpc) is 2.90. The molecule has 1 aromatic heterocycles. The van der Waals surface area contributed by atoms with Crippen LogP contribution in [0.1, 0.15) is 0 Å². The molecule has 20 heavy (non-hydrogen) atoms. The number of para-hydroxylation sites is 4. The first-order valence-electron chi connectivity index (χ1n) is 5.95. The third-order valence-electron chi connectivity index (χ3n) is 2.71. The number of hydrogen-bond acceptors (Lipinski definition) is 4. The van der Waals surface area contributed by atoms with Gasteiger partial charge in [-0.2, -0.15) is 0 Å². The van der Waals surface area contributed by atoms with Gasteiger partial charge in [-0.05, 0) is 36.0 Å². The molecule has 0 aliphatic rings. The van der Waals surface area contributed by atoms with E-state index in [1.54, 1.807) is 12.1 Å². The number of H-pyrrole nitrogens is 1. The number of rotatable bonds is 5. The molecule has 1 heterocycles. The van der Waals surface area contributed by atoms with Gasteiger partial charge in [-0.25, -0.2) is 4.98 Å². The van der Waals surface area contributed by atoms with E-state index in [0.717, 1.165) is 16.2 Å². The summed E-state index contributed by atoms with van der Waals surface area (Å²) in [6.07, 6.45) is 0. The van der Waals surface area contributed by atoms with Crippen molar-refractivity contribution in [2.24, 2.45) is 0 Å². The molecule has 6 heteroatoms. The highest BCUT2D eigenvalue weighted by Crippen LogP contribution is 2.29. The van der Waals surface area contributed by atoms with Crippen LogP contribution >= 0.6 is 23.6 Å². The monoisotopic (exact) mass is 306 g/mol. The van der Waals surface area contributed by atoms with Crippen LogP contribution in [0.2, 0.25) is 0 Å². The molecule has 0 spiro atoms. The maximum absolute atomic E-state index is 5.62. The summed E-state index contributed by atoms with van der Waals surface area (Å²) in [5.74, 6) is 1.52. The molecular weight excluding hydrogens is 296 g/mol. The minimum Gasteiger partial charge on any atom is -0.479 e. The Morgan fingerprint density at radius 1 is 1.05 bits per heavy atom. The zero-order valence-corrected chi connectivity index (χ0v) is 11.9. The van der Waals surface area contributed by atoms with Gasteiger partial charge in [-0.3, -0.25) is 0 Å². The van der Waals surface area contributed by atoms with E-state index in [-0.39, 0.29) is 0 Å². The minimum absolute atomic E-state index is 0.414. The molecule has 0 saturated carbocycles. The maximum atomic E-state index is 5.62. The molecule has 102 valence electrons. The molecule has 2 aromatic carbocycles. The van der Waals surface area contributed by atoms with Crippen molar-refractivity contribution in [1.29, 1.82) is 0 Å². The number of thioether (sulfide) groups is 1. The molecule has 3 rings (SSSR count). The SMILES string of the molecule is ClOc1ccccc1OCSc1nc2ccccc2[nH]1. The van der Waals surface area contributed by atoms with E-state index >= 15 is 0 Å². The molecule has 0 saturated heterocycles. The molecule has 4 nitrogen and oxygen atoms in total. The molecule has 1 N–H and O–H groups in total. The van der Waals surface area contributed by atoms with Crippen molar-refractivity contribution in [3.05, 3.63) is 48.5 Å². The highest BCUT2D eigenvalue weighted by molar-refractivity contribution is 7.99. The first-order chi connectivity index (χ1) is 9.86. The number of imidazole rings is 1. The van der Waals surface area contributed by atoms with E-state index < -0.39 is 0 Å². The number of nitrogens with one attached hydrogen (secondary N) is 1. The van der Waals surface area contributed by atoms with E-state index in [4.69, 9.17) is 20.9 Å². The fourth-order valence-corrected chi connectivity index (χ4v) is 2.55. The third-order valence-corrected chi connectivity index (χ3v) is 3.58. The topological polar surface area (TPSA) is 47.1 Å². The van der Waals surface area contributed by atoms with E-state index in [1.165, 1.54) is 11.8 Å². The summed E-state index contributed by atoms with van der Waals surface area (Å²) in [4.78, 5) is 7.68. The smallest absolute Gasteiger partial charge is 0.188 e. The lowest BCUT2D eigenvalue weighted by molar-refractivity contribution is 0.377. The van der Waals surface area contributed by atoms with Crippen molar-refractivity contribution in [3.8, 4) is 11.5 Å². The Bertz CT molecular complexity index is 684. The number of fused-ring (bicyclic) bond motifs is 1. The van der Waals surface area contributed by atoms with Crippen LogP contribution in [-0.2, 0) is 0 Å². The van der Waals surface area contributed by atoms with Gasteiger partial charge in [0.2, 0.25) is 0 Å². The summed E-state index contributed by atoms with van der Waals surface area (Å²) in [6, 6.07) is 15.1. The first kappa shape index (κ1) is 13.1. The molecule has 3 aromatic rings. The number of aromatic amines is 1. The van der Waals surface area contributed by atoms with Crippen molar-refractivity contribution in [1.82, 2.24) is 9.97 Å². The van der Waals surface area contributed by atoms with Crippen molar-refractivity contribution >= 4 is 34.7 Å². The number of halogens is 1. The Morgan fingerprint density at radius 3 is 2.60 bits per heavy atom. The van der Waals surface area contributed by atoms with Gasteiger partial charge in [0.05, 0.1) is 11.0 Å². The molecule has 0 unspecified atom stereocenters. The summed E-state index contributed by atoms with van der Waals surface area (Å²) < 4.78 is 10.3. The van der Waals surface area contributed by atoms with Gasteiger partial charge in [0.25, 0.3) is 0 Å². The largest absolute Gasteiger partial charge is 0.479 e. The normalized spacial score (nSPS) is 10.7. The van der Waals surface area contributed by atoms with Crippen molar-refractivity contribution in [3.63, 3.8) is 0 Å². The van der Waals surface area contributed by atoms with Crippen LogP contribution < -0.4 is 9.03 Å². The summed E-state index contributed by atoms with van der Waals surface area (Å²) in [6.45, 7) is 0. The van der Waals surface area contributed by atoms with Crippen LogP contribution in [0.5, 0.6) is 11.5 Å². The molecular formula is C14H11ClN2O2S. The van der Waals surface area contributed by atoms with Gasteiger partial charge >= 0.3 is 0 Å². The fraction of sp³-hybridized carbons (Fsp3) is 0.0714. The molecule has 0 amide bonds. The lowest BCUT2D eigenvalue weighted by Gasteiger charge is -2.07. The van der Waals surface area contributed by atoms with Gasteiger partial charge in [-0.15, -0.1) is 0 Å². The van der Waals surface area contributed by atoms with Gasteiger partial charge in [0, 0.05) is 0 Å². The highest BCUT2D eigenvalue weighted by atomic mass is 35.5. The fourth-order valence-electron chi connectivity index (χ4n) is 1.78. The van der Waals surface area contributed by atoms with Crippen LogP contribution in [-0.4, -0.2) is 15.9 Å². The van der Waals surface area contributed by atoms with Crippen LogP contribution in [0.3, 0.4) is 0 Å². The van der Waals surface area contributed by atoms with Gasteiger partial charge in [0.1, 0.15) is 17.8 Å². The second-order valence-corrected chi connectivity index (χ2v) is 5.05. The van der Waals surface area contributed by atoms with Crippen LogP contribution in [0, 0.1) is 0 Å². The van der Waals surface area contributed by atoms with Crippen molar-refractivity contribution in [2.75, 3.05) is 5.94 Å². The molecule has 0 radical (unpaired) electrons. The standard InChI is InChI=1S/C14H11ClN2O2S/c15-19-13-8-4-3-7-12(13)18-9-20-14-16-10-5-1-2-6-11(10)17-14/h1-8H,9H2,(H,16,17). The van der Waals surface area contributed by atoms with Crippen molar-refractivity contribution < 1.29 is 9.03 Å². The second kappa shape index (κ2) is 6.07. The Balaban J connectivity index is 1.65. The van der Waals surface area contributed by atoms with Crippen LogP contribution in [0.4, 0.5) is 0 Å². The number of hydrogen-bond donors (Lipinski definition) is 1. The minimum atomic E-state index is 0.414. The average molecular weight is 307 g/mol. The molecule has 0 bridgehead atoms. The quantitative estimate of drug-likeness (QED) is 0.566. The van der Waals surface area contributed by atoms with Crippen molar-refractivity contribution in [2.45, 2.75) is 5.16 Å². The Kier molecular flexibility index (Phi) is 3.99. The zero-order valence-electron chi connectivity index (χ0n) is 10.4. The predicted octanol–water partition coefficient (Wildman–Crippen LogP) is 4.22. The summed E-state index contributed by atoms with van der Waals surface area (Å²) in [5.41, 5.74) is 1.96. The van der Waals surface area contributed by atoms with Crippen LogP contribution in [0.25, 0.3) is 11.0 Å². The lowest BCUT2D eigenvalue weighted by Crippen LogP contribution is -1.94. The van der Waals surface area contributed by atoms with E-state index in [0.29, 0.717) is 17.4 Å². The second-order valence-electron chi connectivity index (χ2n) is 3.99. The molecule has 0 aliphatic carbocycles. The van der Waals surface area contributed by atoms with Gasteiger partial charge in [-0.1, -0.05) is 24.3 Å². The lowest BCUT2D eigenvalue weighted by atomic mass is 10.3. The van der Waals surface area contributed by atoms with E-state index in [2.05, 4.69) is 9.97 Å². The molecule has 0 aliphatic heterocycles. The Labute approximate surface area is 125 Å². The van der Waals surface area contributed by atoms with Crippen LogP contribution in [0.15, 0.2) is 53.7 Å².